The molecule has 0 radical (unpaired) electrons. The summed E-state index contributed by atoms with van der Waals surface area (Å²) in [6.45, 7) is 2.40. The van der Waals surface area contributed by atoms with Crippen molar-refractivity contribution in [2.45, 2.75) is 44.2 Å². The number of fused-ring (bicyclic) bond motifs is 3. The number of aryl methyl sites for hydroxylation is 1. The summed E-state index contributed by atoms with van der Waals surface area (Å²) in [5.74, 6) is -0.197. The predicted octanol–water partition coefficient (Wildman–Crippen LogP) is 4.12. The van der Waals surface area contributed by atoms with E-state index >= 15 is 0 Å². The molecule has 3 aliphatic rings. The van der Waals surface area contributed by atoms with Crippen LogP contribution in [0.4, 0.5) is 0 Å². The van der Waals surface area contributed by atoms with Crippen molar-refractivity contribution in [3.8, 4) is 11.1 Å². The van der Waals surface area contributed by atoms with Crippen LogP contribution in [0.15, 0.2) is 30.5 Å². The van der Waals surface area contributed by atoms with Gasteiger partial charge in [-0.3, -0.25) is 24.3 Å². The van der Waals surface area contributed by atoms with Gasteiger partial charge in [0.05, 0.1) is 23.4 Å². The van der Waals surface area contributed by atoms with Gasteiger partial charge in [0.15, 0.2) is 0 Å². The first-order valence-corrected chi connectivity index (χ1v) is 13.1. The zero-order chi connectivity index (χ0) is 25.3. The number of nitrogens with one attached hydrogen (secondary N) is 1. The third kappa shape index (κ3) is 4.52. The van der Waals surface area contributed by atoms with Crippen molar-refractivity contribution in [3.05, 3.63) is 51.5 Å². The number of carbonyl (C=O) groups excluding carboxylic acids is 2. The average molecular weight is 528 g/mol. The number of aromatic nitrogens is 1. The van der Waals surface area contributed by atoms with E-state index in [1.54, 1.807) is 11.3 Å². The topological polar surface area (TPSA) is 109 Å². The van der Waals surface area contributed by atoms with Crippen LogP contribution in [0.5, 0.6) is 0 Å². The first-order chi connectivity index (χ1) is 17.5. The molecular weight excluding hydrogens is 502 g/mol. The molecule has 8 nitrogen and oxygen atoms in total. The van der Waals surface area contributed by atoms with E-state index in [0.717, 1.165) is 63.6 Å². The van der Waals surface area contributed by atoms with Gasteiger partial charge < -0.3 is 15.2 Å². The van der Waals surface area contributed by atoms with Gasteiger partial charge in [0.2, 0.25) is 11.8 Å². The fourth-order valence-electron chi connectivity index (χ4n) is 5.51. The molecule has 1 aliphatic carbocycles. The van der Waals surface area contributed by atoms with E-state index in [0.29, 0.717) is 26.0 Å². The number of thiophene rings is 1. The van der Waals surface area contributed by atoms with E-state index in [1.807, 2.05) is 24.4 Å². The number of rotatable bonds is 3. The minimum Gasteiger partial charge on any atom is -0.483 e. The molecular formula is C26H26ClN3O5S. The molecule has 0 unspecified atom stereocenters. The highest BCUT2D eigenvalue weighted by molar-refractivity contribution is 7.19. The number of likely N-dealkylation sites (tertiary alicyclic amines) is 1. The van der Waals surface area contributed by atoms with Crippen LogP contribution in [0.2, 0.25) is 5.02 Å². The lowest BCUT2D eigenvalue weighted by Gasteiger charge is -2.43. The van der Waals surface area contributed by atoms with Crippen molar-refractivity contribution in [1.29, 1.82) is 0 Å². The maximum Gasteiger partial charge on any atom is 0.290 e. The highest BCUT2D eigenvalue weighted by Gasteiger charge is 2.41. The van der Waals surface area contributed by atoms with Crippen LogP contribution in [-0.4, -0.2) is 53.0 Å². The normalized spacial score (nSPS) is 21.4. The first-order valence-electron chi connectivity index (χ1n) is 11.9. The van der Waals surface area contributed by atoms with Crippen molar-refractivity contribution in [3.63, 3.8) is 0 Å². The van der Waals surface area contributed by atoms with Crippen LogP contribution in [0.3, 0.4) is 0 Å². The molecule has 1 spiro atoms. The second-order valence-corrected chi connectivity index (χ2v) is 10.7. The van der Waals surface area contributed by atoms with Crippen LogP contribution in [0, 0.1) is 0 Å². The molecule has 1 atom stereocenters. The minimum absolute atomic E-state index is 0.0987. The van der Waals surface area contributed by atoms with E-state index in [-0.39, 0.29) is 23.9 Å². The Morgan fingerprint density at radius 1 is 1.19 bits per heavy atom. The Kier molecular flexibility index (Phi) is 7.07. The molecule has 2 saturated heterocycles. The van der Waals surface area contributed by atoms with Gasteiger partial charge in [-0.2, -0.15) is 0 Å². The lowest BCUT2D eigenvalue weighted by atomic mass is 9.74. The summed E-state index contributed by atoms with van der Waals surface area (Å²) in [4.78, 5) is 39.5. The monoisotopic (exact) mass is 527 g/mol. The zero-order valence-electron chi connectivity index (χ0n) is 19.6. The maximum absolute atomic E-state index is 12.1. The molecule has 2 aromatic heterocycles. The molecule has 10 heteroatoms. The lowest BCUT2D eigenvalue weighted by Crippen LogP contribution is -2.49. The Morgan fingerprint density at radius 3 is 2.69 bits per heavy atom. The summed E-state index contributed by atoms with van der Waals surface area (Å²) >= 11 is 8.20. The van der Waals surface area contributed by atoms with Gasteiger partial charge in [-0.15, -0.1) is 11.3 Å². The molecule has 2 N–H and O–H groups in total. The summed E-state index contributed by atoms with van der Waals surface area (Å²) in [5, 5.41) is 11.1. The number of hydrogen-bond donors (Lipinski definition) is 2. The Labute approximate surface area is 217 Å². The maximum atomic E-state index is 12.1. The van der Waals surface area contributed by atoms with Gasteiger partial charge in [-0.25, -0.2) is 0 Å². The van der Waals surface area contributed by atoms with Crippen LogP contribution in [-0.2, 0) is 37.7 Å². The Morgan fingerprint density at radius 2 is 1.97 bits per heavy atom. The molecule has 36 heavy (non-hydrogen) atoms. The minimum atomic E-state index is -0.351. The van der Waals surface area contributed by atoms with E-state index < -0.39 is 0 Å². The van der Waals surface area contributed by atoms with Crippen molar-refractivity contribution >= 4 is 51.4 Å². The third-order valence-corrected chi connectivity index (χ3v) is 8.32. The molecule has 3 aromatic rings. The van der Waals surface area contributed by atoms with Gasteiger partial charge >= 0.3 is 0 Å². The Hall–Kier alpha value is -2.85. The molecule has 188 valence electrons. The molecule has 1 aromatic carbocycles. The van der Waals surface area contributed by atoms with Crippen LogP contribution >= 0.6 is 22.9 Å². The second-order valence-electron chi connectivity index (χ2n) is 9.13. The average Bonchev–Trinajstić information content (AvgIpc) is 3.42. The summed E-state index contributed by atoms with van der Waals surface area (Å²) in [7, 11) is 0. The number of nitrogens with zero attached hydrogens (tertiary/aromatic N) is 2. The SMILES string of the molecule is O=C1CCC(=O)N1Cc1cc2nccc(-c3cc(Cl)cc4c3[C@@]3(CCC4)CNCCO3)c2s1.O=CO. The van der Waals surface area contributed by atoms with Crippen LogP contribution in [0.25, 0.3) is 21.3 Å². The predicted molar refractivity (Wildman–Crippen MR) is 137 cm³/mol. The fraction of sp³-hybridized carbons (Fsp3) is 0.385. The summed E-state index contributed by atoms with van der Waals surface area (Å²) in [5.41, 5.74) is 5.17. The van der Waals surface area contributed by atoms with Crippen molar-refractivity contribution in [2.75, 3.05) is 19.7 Å². The standard InChI is InChI=1S/C25H24ClN3O3S.CH2O2/c26-16-10-15-2-1-6-25(14-27-8-9-32-25)23(15)19(11-16)18-5-7-28-20-12-17(33-24(18)20)13-29-21(30)3-4-22(29)31;2-1-3/h5,7,10-12,27H,1-4,6,8-9,13-14H2;1H,(H,2,3)/t25-;/m1./s1. The number of benzene rings is 1. The van der Waals surface area contributed by atoms with Crippen molar-refractivity contribution < 1.29 is 24.2 Å². The van der Waals surface area contributed by atoms with E-state index in [2.05, 4.69) is 16.4 Å². The van der Waals surface area contributed by atoms with E-state index in [1.165, 1.54) is 16.0 Å². The number of morpholine rings is 1. The highest BCUT2D eigenvalue weighted by Crippen LogP contribution is 2.47. The largest absolute Gasteiger partial charge is 0.483 e. The smallest absolute Gasteiger partial charge is 0.290 e. The number of imide groups is 1. The number of hydrogen-bond acceptors (Lipinski definition) is 7. The molecule has 4 heterocycles. The van der Waals surface area contributed by atoms with Gasteiger partial charge in [0.1, 0.15) is 5.60 Å². The summed E-state index contributed by atoms with van der Waals surface area (Å²) in [6.07, 6.45) is 5.46. The zero-order valence-corrected chi connectivity index (χ0v) is 21.2. The number of carboxylic acid groups (broad SMARTS) is 1. The number of halogens is 1. The van der Waals surface area contributed by atoms with Gasteiger partial charge in [-0.05, 0) is 60.2 Å². The summed E-state index contributed by atoms with van der Waals surface area (Å²) < 4.78 is 7.51. The molecule has 6 rings (SSSR count). The van der Waals surface area contributed by atoms with Crippen molar-refractivity contribution in [2.24, 2.45) is 0 Å². The highest BCUT2D eigenvalue weighted by atomic mass is 35.5. The quantitative estimate of drug-likeness (QED) is 0.389. The second kappa shape index (κ2) is 10.3. The number of pyridine rings is 1. The van der Waals surface area contributed by atoms with Crippen LogP contribution in [0.1, 0.15) is 41.7 Å². The molecule has 2 fully saturated rings. The first kappa shape index (κ1) is 24.8. The van der Waals surface area contributed by atoms with Gasteiger partial charge in [0.25, 0.3) is 6.47 Å². The molecule has 0 bridgehead atoms. The number of carbonyl (C=O) groups is 3. The van der Waals surface area contributed by atoms with Crippen molar-refractivity contribution in [1.82, 2.24) is 15.2 Å². The Balaban J connectivity index is 0.000000848. The molecule has 2 amide bonds. The van der Waals surface area contributed by atoms with E-state index in [9.17, 15) is 9.59 Å². The molecule has 2 aliphatic heterocycles. The number of ether oxygens (including phenoxy) is 1. The fourth-order valence-corrected chi connectivity index (χ4v) is 6.89. The van der Waals surface area contributed by atoms with Gasteiger partial charge in [-0.1, -0.05) is 11.6 Å². The molecule has 0 saturated carbocycles. The third-order valence-electron chi connectivity index (χ3n) is 6.96. The number of amides is 2. The van der Waals surface area contributed by atoms with Crippen LogP contribution < -0.4 is 5.32 Å². The summed E-state index contributed by atoms with van der Waals surface area (Å²) in [6, 6.07) is 8.17. The lowest BCUT2D eigenvalue weighted by molar-refractivity contribution is -0.139. The Bertz CT molecular complexity index is 1320. The van der Waals surface area contributed by atoms with Gasteiger partial charge in [0, 0.05) is 47.6 Å². The van der Waals surface area contributed by atoms with E-state index in [4.69, 9.17) is 26.2 Å².